The highest BCUT2D eigenvalue weighted by atomic mass is 32.1. The quantitative estimate of drug-likeness (QED) is 0.177. The Balaban J connectivity index is 1.08. The molecule has 0 bridgehead atoms. The van der Waals surface area contributed by atoms with Gasteiger partial charge in [0.25, 0.3) is 0 Å². The smallest absolute Gasteiger partial charge is 0.132 e. The fourth-order valence-corrected chi connectivity index (χ4v) is 13.5. The van der Waals surface area contributed by atoms with Crippen LogP contribution in [0.5, 0.6) is 23.0 Å². The van der Waals surface area contributed by atoms with Crippen molar-refractivity contribution in [2.75, 3.05) is 4.90 Å². The van der Waals surface area contributed by atoms with Gasteiger partial charge in [0.1, 0.15) is 23.0 Å². The first-order valence-corrected chi connectivity index (χ1v) is 23.5. The molecule has 3 heterocycles. The molecule has 0 amide bonds. The molecule has 10 aromatic carbocycles. The van der Waals surface area contributed by atoms with Gasteiger partial charge in [0.15, 0.2) is 0 Å². The van der Waals surface area contributed by atoms with E-state index < -0.39 is 10.8 Å². The highest BCUT2D eigenvalue weighted by Gasteiger charge is 2.54. The van der Waals surface area contributed by atoms with Crippen molar-refractivity contribution >= 4 is 48.6 Å². The van der Waals surface area contributed by atoms with Gasteiger partial charge in [-0.05, 0) is 94.0 Å². The van der Waals surface area contributed by atoms with E-state index in [4.69, 9.17) is 9.47 Å². The standard InChI is InChI=1S/C62H37NO2S/c1-4-20-43-40(18-1)59-49(61(43)45-22-6-10-30-53(45)64-54-31-11-7-23-46(54)61)26-15-28-51(59)63(38-35-36-58-42(37-38)39-17-3-14-34-57(39)66-58)52-29-16-27-50-60(52)41-19-2-5-21-44(41)62(50)47-24-8-12-32-55(47)65-56-33-13-9-25-48(56)62/h1-37H. The van der Waals surface area contributed by atoms with Crippen molar-refractivity contribution in [1.29, 1.82) is 0 Å². The number of para-hydroxylation sites is 4. The molecular formula is C62H37NO2S. The molecular weight excluding hydrogens is 823 g/mol. The van der Waals surface area contributed by atoms with Crippen molar-refractivity contribution in [3.05, 3.63) is 269 Å². The van der Waals surface area contributed by atoms with Crippen LogP contribution in [0.4, 0.5) is 17.1 Å². The van der Waals surface area contributed by atoms with Crippen LogP contribution in [0.1, 0.15) is 44.5 Å². The van der Waals surface area contributed by atoms with Crippen LogP contribution in [0.25, 0.3) is 42.4 Å². The zero-order chi connectivity index (χ0) is 43.1. The molecule has 2 aliphatic carbocycles. The zero-order valence-corrected chi connectivity index (χ0v) is 36.4. The molecule has 3 nitrogen and oxygen atoms in total. The lowest BCUT2D eigenvalue weighted by atomic mass is 9.66. The van der Waals surface area contributed by atoms with Gasteiger partial charge in [0, 0.05) is 59.2 Å². The van der Waals surface area contributed by atoms with Gasteiger partial charge in [-0.15, -0.1) is 11.3 Å². The predicted octanol–water partition coefficient (Wildman–Crippen LogP) is 16.5. The van der Waals surface area contributed by atoms with E-state index in [1.807, 2.05) is 11.3 Å². The molecule has 15 rings (SSSR count). The molecule has 4 heteroatoms. The maximum absolute atomic E-state index is 6.75. The number of hydrogen-bond donors (Lipinski definition) is 0. The molecule has 4 aliphatic rings. The number of fused-ring (bicyclic) bond motifs is 21. The van der Waals surface area contributed by atoms with Crippen LogP contribution in [0.3, 0.4) is 0 Å². The Hall–Kier alpha value is -8.18. The first kappa shape index (κ1) is 36.2. The largest absolute Gasteiger partial charge is 0.457 e. The fraction of sp³-hybridized carbons (Fsp3) is 0.0323. The van der Waals surface area contributed by atoms with E-state index in [0.29, 0.717) is 0 Å². The first-order chi connectivity index (χ1) is 32.7. The summed E-state index contributed by atoms with van der Waals surface area (Å²) < 4.78 is 16.1. The van der Waals surface area contributed by atoms with Gasteiger partial charge < -0.3 is 14.4 Å². The molecule has 11 aromatic rings. The summed E-state index contributed by atoms with van der Waals surface area (Å²) in [6.07, 6.45) is 0. The molecule has 66 heavy (non-hydrogen) atoms. The summed E-state index contributed by atoms with van der Waals surface area (Å²) in [5.41, 5.74) is 16.6. The summed E-state index contributed by atoms with van der Waals surface area (Å²) in [6.45, 7) is 0. The van der Waals surface area contributed by atoms with Crippen molar-refractivity contribution < 1.29 is 9.47 Å². The van der Waals surface area contributed by atoms with Gasteiger partial charge in [0.05, 0.1) is 22.2 Å². The Bertz CT molecular complexity index is 3590. The van der Waals surface area contributed by atoms with E-state index in [9.17, 15) is 0 Å². The number of benzene rings is 10. The lowest BCUT2D eigenvalue weighted by molar-refractivity contribution is 0.436. The predicted molar refractivity (Wildman–Crippen MR) is 269 cm³/mol. The van der Waals surface area contributed by atoms with Gasteiger partial charge >= 0.3 is 0 Å². The topological polar surface area (TPSA) is 21.7 Å². The molecule has 0 saturated carbocycles. The van der Waals surface area contributed by atoms with Gasteiger partial charge in [-0.1, -0.05) is 164 Å². The van der Waals surface area contributed by atoms with E-state index in [1.165, 1.54) is 64.7 Å². The number of ether oxygens (including phenoxy) is 2. The Labute approximate surface area is 386 Å². The van der Waals surface area contributed by atoms with Crippen molar-refractivity contribution in [3.63, 3.8) is 0 Å². The second-order valence-corrected chi connectivity index (χ2v) is 18.9. The van der Waals surface area contributed by atoms with Crippen molar-refractivity contribution in [2.24, 2.45) is 0 Å². The van der Waals surface area contributed by atoms with Gasteiger partial charge in [0.2, 0.25) is 0 Å². The van der Waals surface area contributed by atoms with Crippen LogP contribution in [0.2, 0.25) is 0 Å². The number of nitrogens with zero attached hydrogens (tertiary/aromatic N) is 1. The second kappa shape index (κ2) is 13.2. The molecule has 0 fully saturated rings. The summed E-state index contributed by atoms with van der Waals surface area (Å²) >= 11 is 1.86. The minimum Gasteiger partial charge on any atom is -0.457 e. The summed E-state index contributed by atoms with van der Waals surface area (Å²) in [5.74, 6) is 3.54. The molecule has 0 N–H and O–H groups in total. The van der Waals surface area contributed by atoms with Gasteiger partial charge in [-0.2, -0.15) is 0 Å². The molecule has 2 spiro atoms. The lowest BCUT2D eigenvalue weighted by Gasteiger charge is -2.40. The fourth-order valence-electron chi connectivity index (χ4n) is 12.4. The minimum absolute atomic E-state index is 0.614. The monoisotopic (exact) mass is 859 g/mol. The summed E-state index contributed by atoms with van der Waals surface area (Å²) in [6, 6.07) is 82.5. The Morgan fingerprint density at radius 3 is 1.21 bits per heavy atom. The molecule has 2 aliphatic heterocycles. The molecule has 308 valence electrons. The molecule has 0 atom stereocenters. The van der Waals surface area contributed by atoms with Crippen molar-refractivity contribution in [3.8, 4) is 45.3 Å². The normalized spacial score (nSPS) is 14.5. The third-order valence-electron chi connectivity index (χ3n) is 14.8. The van der Waals surface area contributed by atoms with E-state index in [2.05, 4.69) is 229 Å². The zero-order valence-electron chi connectivity index (χ0n) is 35.5. The minimum atomic E-state index is -0.614. The van der Waals surface area contributed by atoms with Crippen LogP contribution < -0.4 is 14.4 Å². The van der Waals surface area contributed by atoms with Crippen molar-refractivity contribution in [1.82, 2.24) is 0 Å². The molecule has 1 aromatic heterocycles. The van der Waals surface area contributed by atoms with Gasteiger partial charge in [-0.3, -0.25) is 0 Å². The third-order valence-corrected chi connectivity index (χ3v) is 15.9. The van der Waals surface area contributed by atoms with Gasteiger partial charge in [-0.25, -0.2) is 0 Å². The maximum atomic E-state index is 6.75. The van der Waals surface area contributed by atoms with Crippen LogP contribution in [0, 0.1) is 0 Å². The van der Waals surface area contributed by atoms with E-state index in [1.54, 1.807) is 0 Å². The Morgan fingerprint density at radius 2 is 0.712 bits per heavy atom. The Kier molecular flexibility index (Phi) is 7.24. The number of rotatable bonds is 3. The Morgan fingerprint density at radius 1 is 0.318 bits per heavy atom. The van der Waals surface area contributed by atoms with E-state index >= 15 is 0 Å². The highest BCUT2D eigenvalue weighted by Crippen LogP contribution is 2.67. The van der Waals surface area contributed by atoms with Crippen LogP contribution in [0.15, 0.2) is 224 Å². The summed E-state index contributed by atoms with van der Waals surface area (Å²) in [4.78, 5) is 2.57. The number of hydrogen-bond acceptors (Lipinski definition) is 4. The number of anilines is 3. The second-order valence-electron chi connectivity index (χ2n) is 17.8. The molecule has 0 saturated heterocycles. The summed E-state index contributed by atoms with van der Waals surface area (Å²) in [5, 5.41) is 2.53. The average Bonchev–Trinajstić information content (AvgIpc) is 4.00. The van der Waals surface area contributed by atoms with E-state index in [-0.39, 0.29) is 0 Å². The van der Waals surface area contributed by atoms with E-state index in [0.717, 1.165) is 62.3 Å². The molecule has 0 radical (unpaired) electrons. The van der Waals surface area contributed by atoms with Crippen molar-refractivity contribution in [2.45, 2.75) is 10.8 Å². The molecule has 0 unspecified atom stereocenters. The number of thiophene rings is 1. The lowest BCUT2D eigenvalue weighted by Crippen LogP contribution is -2.32. The van der Waals surface area contributed by atoms with Crippen LogP contribution in [-0.2, 0) is 10.8 Å². The SMILES string of the molecule is c1ccc2c(c1)Oc1ccccc1C21c2ccccc2-c2c(N(c3ccc4sc5ccccc5c4c3)c3cccc4c3-c3ccccc3C43c4ccccc4Oc4ccccc43)cccc21. The third kappa shape index (κ3) is 4.47. The highest BCUT2D eigenvalue weighted by molar-refractivity contribution is 7.25. The van der Waals surface area contributed by atoms with Crippen LogP contribution >= 0.6 is 11.3 Å². The summed E-state index contributed by atoms with van der Waals surface area (Å²) in [7, 11) is 0. The first-order valence-electron chi connectivity index (χ1n) is 22.7. The maximum Gasteiger partial charge on any atom is 0.132 e. The van der Waals surface area contributed by atoms with Crippen LogP contribution in [-0.4, -0.2) is 0 Å². The average molecular weight is 860 g/mol.